The molecular weight excluding hydrogens is 180 g/mol. The number of benzene rings is 1. The van der Waals surface area contributed by atoms with E-state index in [0.29, 0.717) is 0 Å². The van der Waals surface area contributed by atoms with Crippen LogP contribution in [0.4, 0.5) is 0 Å². The molecule has 0 saturated heterocycles. The Morgan fingerprint density at radius 3 is 3.15 bits per heavy atom. The highest BCUT2D eigenvalue weighted by atomic mass is 32.1. The summed E-state index contributed by atoms with van der Waals surface area (Å²) in [7, 11) is 0. The third-order valence-corrected chi connectivity index (χ3v) is 3.08. The normalized spacial score (nSPS) is 11.1. The Bertz CT molecular complexity index is 571. The van der Waals surface area contributed by atoms with Crippen molar-refractivity contribution in [2.75, 3.05) is 0 Å². The molecule has 0 unspecified atom stereocenters. The van der Waals surface area contributed by atoms with E-state index in [1.54, 1.807) is 11.3 Å². The zero-order valence-electron chi connectivity index (χ0n) is 6.77. The molecule has 2 nitrogen and oxygen atoms in total. The minimum absolute atomic E-state index is 0.981. The predicted molar refractivity (Wildman–Crippen MR) is 54.9 cm³/mol. The fourth-order valence-corrected chi connectivity index (χ4v) is 2.33. The molecule has 0 bridgehead atoms. The molecule has 13 heavy (non-hydrogen) atoms. The van der Waals surface area contributed by atoms with Crippen molar-refractivity contribution in [1.82, 2.24) is 10.2 Å². The smallest absolute Gasteiger partial charge is 0.0959 e. The maximum atomic E-state index is 4.03. The number of nitrogens with zero attached hydrogens (tertiary/aromatic N) is 2. The Morgan fingerprint density at radius 2 is 2.15 bits per heavy atom. The van der Waals surface area contributed by atoms with E-state index in [-0.39, 0.29) is 0 Å². The summed E-state index contributed by atoms with van der Waals surface area (Å²) in [5.74, 6) is 0. The first-order valence-corrected chi connectivity index (χ1v) is 4.91. The van der Waals surface area contributed by atoms with Crippen LogP contribution in [0.2, 0.25) is 0 Å². The lowest BCUT2D eigenvalue weighted by atomic mass is 10.2. The largest absolute Gasteiger partial charge is 0.158 e. The number of aromatic nitrogens is 2. The summed E-state index contributed by atoms with van der Waals surface area (Å²) in [6, 6.07) is 8.27. The number of hydrogen-bond acceptors (Lipinski definition) is 3. The molecule has 62 valence electrons. The van der Waals surface area contributed by atoms with Crippen molar-refractivity contribution in [3.05, 3.63) is 35.8 Å². The van der Waals surface area contributed by atoms with E-state index in [1.165, 1.54) is 10.1 Å². The molecule has 0 radical (unpaired) electrons. The number of rotatable bonds is 0. The van der Waals surface area contributed by atoms with Gasteiger partial charge in [0.25, 0.3) is 0 Å². The Hall–Kier alpha value is -1.48. The van der Waals surface area contributed by atoms with Crippen LogP contribution >= 0.6 is 11.3 Å². The Labute approximate surface area is 78.8 Å². The van der Waals surface area contributed by atoms with E-state index >= 15 is 0 Å². The van der Waals surface area contributed by atoms with Gasteiger partial charge in [-0.05, 0) is 16.8 Å². The van der Waals surface area contributed by atoms with Gasteiger partial charge in [-0.2, -0.15) is 10.2 Å². The van der Waals surface area contributed by atoms with Crippen molar-refractivity contribution in [2.45, 2.75) is 0 Å². The highest BCUT2D eigenvalue weighted by molar-refractivity contribution is 7.17. The van der Waals surface area contributed by atoms with Crippen molar-refractivity contribution < 1.29 is 0 Å². The Kier molecular flexibility index (Phi) is 1.34. The zero-order chi connectivity index (χ0) is 8.67. The molecule has 3 rings (SSSR count). The maximum absolute atomic E-state index is 4.03. The molecule has 0 fully saturated rings. The van der Waals surface area contributed by atoms with Crippen molar-refractivity contribution >= 4 is 32.3 Å². The number of hydrogen-bond donors (Lipinski definition) is 0. The van der Waals surface area contributed by atoms with Crippen LogP contribution in [-0.4, -0.2) is 10.2 Å². The van der Waals surface area contributed by atoms with E-state index in [9.17, 15) is 0 Å². The van der Waals surface area contributed by atoms with Gasteiger partial charge in [0.15, 0.2) is 0 Å². The molecule has 3 aromatic rings. The standard InChI is InChI=1S/C10H6N2S/c1-2-7-3-4-9-8(6-11-12-9)10(7)13-5-1/h1-6H. The van der Waals surface area contributed by atoms with Gasteiger partial charge in [0.05, 0.1) is 11.7 Å². The lowest BCUT2D eigenvalue weighted by molar-refractivity contribution is 1.12. The van der Waals surface area contributed by atoms with Crippen LogP contribution in [0.5, 0.6) is 0 Å². The molecule has 2 aromatic heterocycles. The average Bonchev–Trinajstić information content (AvgIpc) is 2.65. The summed E-state index contributed by atoms with van der Waals surface area (Å²) in [6.45, 7) is 0. The maximum Gasteiger partial charge on any atom is 0.0959 e. The number of fused-ring (bicyclic) bond motifs is 3. The monoisotopic (exact) mass is 186 g/mol. The fourth-order valence-electron chi connectivity index (χ4n) is 1.48. The van der Waals surface area contributed by atoms with E-state index in [2.05, 4.69) is 33.8 Å². The van der Waals surface area contributed by atoms with Gasteiger partial charge in [-0.3, -0.25) is 0 Å². The molecule has 0 N–H and O–H groups in total. The molecule has 3 heteroatoms. The summed E-state index contributed by atoms with van der Waals surface area (Å²) >= 11 is 1.73. The second-order valence-corrected chi connectivity index (χ2v) is 3.79. The van der Waals surface area contributed by atoms with Gasteiger partial charge in [-0.15, -0.1) is 11.3 Å². The molecule has 0 amide bonds. The molecule has 0 atom stereocenters. The van der Waals surface area contributed by atoms with Crippen molar-refractivity contribution in [3.8, 4) is 0 Å². The van der Waals surface area contributed by atoms with Crippen molar-refractivity contribution in [2.24, 2.45) is 0 Å². The summed E-state index contributed by atoms with van der Waals surface area (Å²) in [5, 5.41) is 12.4. The fraction of sp³-hybridized carbons (Fsp3) is 0. The molecule has 0 spiro atoms. The van der Waals surface area contributed by atoms with Crippen molar-refractivity contribution in [3.63, 3.8) is 0 Å². The van der Waals surface area contributed by atoms with Crippen LogP contribution in [0.3, 0.4) is 0 Å². The van der Waals surface area contributed by atoms with E-state index in [0.717, 1.165) is 10.9 Å². The highest BCUT2D eigenvalue weighted by Crippen LogP contribution is 2.26. The summed E-state index contributed by atoms with van der Waals surface area (Å²) in [6.07, 6.45) is 1.83. The zero-order valence-corrected chi connectivity index (χ0v) is 7.58. The molecule has 0 saturated carbocycles. The molecule has 0 aliphatic carbocycles. The van der Waals surface area contributed by atoms with Crippen LogP contribution in [0, 0.1) is 0 Å². The minimum Gasteiger partial charge on any atom is -0.158 e. The van der Waals surface area contributed by atoms with Crippen LogP contribution in [0.25, 0.3) is 21.0 Å². The van der Waals surface area contributed by atoms with Crippen LogP contribution in [0.1, 0.15) is 0 Å². The Morgan fingerprint density at radius 1 is 1.15 bits per heavy atom. The second-order valence-electron chi connectivity index (χ2n) is 2.87. The summed E-state index contributed by atoms with van der Waals surface area (Å²) < 4.78 is 1.27. The average molecular weight is 186 g/mol. The molecule has 2 heterocycles. The van der Waals surface area contributed by atoms with Gasteiger partial charge in [-0.1, -0.05) is 18.2 Å². The van der Waals surface area contributed by atoms with E-state index < -0.39 is 0 Å². The second kappa shape index (κ2) is 2.50. The first kappa shape index (κ1) is 6.97. The van der Waals surface area contributed by atoms with Crippen LogP contribution in [0.15, 0.2) is 35.8 Å². The van der Waals surface area contributed by atoms with E-state index in [1.807, 2.05) is 12.3 Å². The van der Waals surface area contributed by atoms with Crippen LogP contribution < -0.4 is 0 Å². The Balaban J connectivity index is 2.65. The predicted octanol–water partition coefficient (Wildman–Crippen LogP) is 2.84. The SMILES string of the molecule is c1csc2c(c1)ccc1nncc12. The summed E-state index contributed by atoms with van der Waals surface area (Å²) in [4.78, 5) is 0. The molecule has 1 aromatic carbocycles. The minimum atomic E-state index is 0.981. The molecule has 0 aliphatic heterocycles. The third kappa shape index (κ3) is 0.939. The molecular formula is C10H6N2S. The van der Waals surface area contributed by atoms with E-state index in [4.69, 9.17) is 0 Å². The quantitative estimate of drug-likeness (QED) is 0.539. The lowest BCUT2D eigenvalue weighted by Crippen LogP contribution is -1.70. The van der Waals surface area contributed by atoms with Crippen molar-refractivity contribution in [1.29, 1.82) is 0 Å². The van der Waals surface area contributed by atoms with Gasteiger partial charge >= 0.3 is 0 Å². The summed E-state index contributed by atoms with van der Waals surface area (Å²) in [5.41, 5.74) is 0.981. The lowest BCUT2D eigenvalue weighted by Gasteiger charge is -1.95. The third-order valence-electron chi connectivity index (χ3n) is 2.10. The molecule has 0 aliphatic rings. The van der Waals surface area contributed by atoms with Gasteiger partial charge in [0.1, 0.15) is 0 Å². The highest BCUT2D eigenvalue weighted by Gasteiger charge is 2.01. The van der Waals surface area contributed by atoms with Gasteiger partial charge in [-0.25, -0.2) is 0 Å². The van der Waals surface area contributed by atoms with Gasteiger partial charge in [0.2, 0.25) is 0 Å². The van der Waals surface area contributed by atoms with Crippen LogP contribution in [-0.2, 0) is 0 Å². The van der Waals surface area contributed by atoms with Gasteiger partial charge < -0.3 is 0 Å². The topological polar surface area (TPSA) is 25.8 Å². The first-order chi connectivity index (χ1) is 6.45. The van der Waals surface area contributed by atoms with Gasteiger partial charge in [0, 0.05) is 10.1 Å². The first-order valence-electron chi connectivity index (χ1n) is 4.03.